The molecule has 32 heavy (non-hydrogen) atoms. The van der Waals surface area contributed by atoms with Crippen molar-refractivity contribution in [2.24, 2.45) is 0 Å². The van der Waals surface area contributed by atoms with Crippen LogP contribution in [0, 0.1) is 0 Å². The van der Waals surface area contributed by atoms with E-state index < -0.39 is 54.6 Å². The number of alkyl halides is 1. The molecule has 0 aromatic heterocycles. The zero-order valence-electron chi connectivity index (χ0n) is 18.5. The largest absolute Gasteiger partial charge is 0.468 e. The van der Waals surface area contributed by atoms with Crippen molar-refractivity contribution in [3.8, 4) is 0 Å². The second kappa shape index (κ2) is 13.2. The van der Waals surface area contributed by atoms with Crippen LogP contribution in [-0.2, 0) is 52.4 Å². The van der Waals surface area contributed by atoms with Crippen molar-refractivity contribution in [3.05, 3.63) is 11.8 Å². The molecule has 0 amide bonds. The van der Waals surface area contributed by atoms with Crippen molar-refractivity contribution in [3.63, 3.8) is 0 Å². The van der Waals surface area contributed by atoms with Crippen molar-refractivity contribution < 1.29 is 52.4 Å². The van der Waals surface area contributed by atoms with Gasteiger partial charge in [-0.05, 0) is 0 Å². The van der Waals surface area contributed by atoms with Crippen molar-refractivity contribution >= 4 is 45.6 Å². The van der Waals surface area contributed by atoms with Gasteiger partial charge in [-0.2, -0.15) is 0 Å². The first-order valence-electron chi connectivity index (χ1n) is 9.74. The summed E-state index contributed by atoms with van der Waals surface area (Å²) in [5.74, 6) is -3.08. The van der Waals surface area contributed by atoms with Crippen molar-refractivity contribution in [2.45, 2.75) is 71.7 Å². The highest BCUT2D eigenvalue weighted by Crippen LogP contribution is 2.30. The predicted molar refractivity (Wildman–Crippen MR) is 110 cm³/mol. The maximum absolute atomic E-state index is 12.0. The number of ether oxygens (including phenoxy) is 6. The summed E-state index contributed by atoms with van der Waals surface area (Å²) in [5, 5.41) is 0.185. The second-order valence-electron chi connectivity index (χ2n) is 6.76. The normalized spacial score (nSPS) is 25.3. The standard InChI is InChI=1S/C20H27BrO11/c1-6-15(26)14(7-21)8-28-20-19(31-13(5)25)18(30-12(4)24)17(29-11(3)23)16(32-20)9-27-10(2)22/h8,16-20H,6-7,9H2,1-5H3/b14-8+/t16-,17-,18+,19-,20-/m1/s1. The molecular formula is C20H27BrO11. The van der Waals surface area contributed by atoms with Crippen LogP contribution in [0.15, 0.2) is 11.8 Å². The summed E-state index contributed by atoms with van der Waals surface area (Å²) >= 11 is 3.19. The number of hydrogen-bond donors (Lipinski definition) is 0. The molecule has 0 saturated carbocycles. The molecule has 1 aliphatic rings. The van der Waals surface area contributed by atoms with Gasteiger partial charge in [-0.3, -0.25) is 24.0 Å². The Morgan fingerprint density at radius 2 is 1.38 bits per heavy atom. The molecule has 11 nitrogen and oxygen atoms in total. The molecule has 0 aromatic carbocycles. The number of carbonyl (C=O) groups excluding carboxylic acids is 5. The smallest absolute Gasteiger partial charge is 0.303 e. The summed E-state index contributed by atoms with van der Waals surface area (Å²) < 4.78 is 32.2. The summed E-state index contributed by atoms with van der Waals surface area (Å²) in [7, 11) is 0. The Bertz CT molecular complexity index is 748. The van der Waals surface area contributed by atoms with Crippen molar-refractivity contribution in [1.29, 1.82) is 0 Å². The lowest BCUT2D eigenvalue weighted by molar-refractivity contribution is -0.297. The number of ketones is 1. The zero-order chi connectivity index (χ0) is 24.4. The van der Waals surface area contributed by atoms with Crippen LogP contribution < -0.4 is 0 Å². The fourth-order valence-corrected chi connectivity index (χ4v) is 3.29. The Morgan fingerprint density at radius 3 is 1.84 bits per heavy atom. The van der Waals surface area contributed by atoms with E-state index in [1.54, 1.807) is 6.92 Å². The van der Waals surface area contributed by atoms with Crippen LogP contribution in [0.3, 0.4) is 0 Å². The van der Waals surface area contributed by atoms with Gasteiger partial charge in [0.15, 0.2) is 18.0 Å². The van der Waals surface area contributed by atoms with Crippen LogP contribution in [0.4, 0.5) is 0 Å². The topological polar surface area (TPSA) is 141 Å². The van der Waals surface area contributed by atoms with E-state index in [1.807, 2.05) is 0 Å². The number of hydrogen-bond acceptors (Lipinski definition) is 11. The number of carbonyl (C=O) groups is 5. The lowest BCUT2D eigenvalue weighted by Crippen LogP contribution is -2.62. The van der Waals surface area contributed by atoms with Crippen LogP contribution in [0.2, 0.25) is 0 Å². The quantitative estimate of drug-likeness (QED) is 0.135. The van der Waals surface area contributed by atoms with E-state index >= 15 is 0 Å². The predicted octanol–water partition coefficient (Wildman–Crippen LogP) is 1.34. The third-order valence-electron chi connectivity index (χ3n) is 4.12. The van der Waals surface area contributed by atoms with Gasteiger partial charge in [-0.15, -0.1) is 0 Å². The average Bonchev–Trinajstić information content (AvgIpc) is 2.69. The summed E-state index contributed by atoms with van der Waals surface area (Å²) in [6.07, 6.45) is -5.14. The molecule has 1 saturated heterocycles. The zero-order valence-corrected chi connectivity index (χ0v) is 20.0. The van der Waals surface area contributed by atoms with Gasteiger partial charge in [0.1, 0.15) is 12.7 Å². The van der Waals surface area contributed by atoms with E-state index in [0.29, 0.717) is 0 Å². The SMILES string of the molecule is CCC(=O)/C(=C/O[C@@H]1O[C@H](COC(C)=O)[C@@H](OC(C)=O)[C@H](OC(C)=O)[C@H]1OC(C)=O)CBr. The van der Waals surface area contributed by atoms with E-state index in [4.69, 9.17) is 28.4 Å². The molecule has 1 fully saturated rings. The van der Waals surface area contributed by atoms with E-state index in [1.165, 1.54) is 6.92 Å². The summed E-state index contributed by atoms with van der Waals surface area (Å²) in [4.78, 5) is 58.5. The Kier molecular flexibility index (Phi) is 11.3. The van der Waals surface area contributed by atoms with Crippen LogP contribution in [-0.4, -0.2) is 72.3 Å². The van der Waals surface area contributed by atoms with E-state index in [9.17, 15) is 24.0 Å². The molecule has 0 aromatic rings. The molecular weight excluding hydrogens is 496 g/mol. The summed E-state index contributed by atoms with van der Waals surface area (Å²) in [6.45, 7) is 5.83. The molecule has 180 valence electrons. The first-order valence-corrected chi connectivity index (χ1v) is 10.9. The molecule has 5 atom stereocenters. The van der Waals surface area contributed by atoms with E-state index in [0.717, 1.165) is 27.0 Å². The highest BCUT2D eigenvalue weighted by Gasteiger charge is 2.53. The van der Waals surface area contributed by atoms with Crippen LogP contribution in [0.25, 0.3) is 0 Å². The number of halogens is 1. The molecule has 1 heterocycles. The first-order chi connectivity index (χ1) is 15.0. The fraction of sp³-hybridized carbons (Fsp3) is 0.650. The van der Waals surface area contributed by atoms with Gasteiger partial charge in [0.2, 0.25) is 12.4 Å². The van der Waals surface area contributed by atoms with Gasteiger partial charge < -0.3 is 28.4 Å². The second-order valence-corrected chi connectivity index (χ2v) is 7.32. The van der Waals surface area contributed by atoms with Crippen molar-refractivity contribution in [2.75, 3.05) is 11.9 Å². The van der Waals surface area contributed by atoms with Gasteiger partial charge >= 0.3 is 23.9 Å². The third-order valence-corrected chi connectivity index (χ3v) is 4.72. The molecule has 0 spiro atoms. The first kappa shape index (κ1) is 27.6. The molecule has 0 radical (unpaired) electrons. The number of rotatable bonds is 10. The number of Topliss-reactive ketones (excluding diaryl/α,β-unsaturated/α-hetero) is 1. The summed E-state index contributed by atoms with van der Waals surface area (Å²) in [5.41, 5.74) is 0.278. The van der Waals surface area contributed by atoms with Gasteiger partial charge in [0, 0.05) is 45.0 Å². The van der Waals surface area contributed by atoms with Crippen LogP contribution in [0.1, 0.15) is 41.0 Å². The third kappa shape index (κ3) is 8.58. The maximum atomic E-state index is 12.0. The van der Waals surface area contributed by atoms with Gasteiger partial charge in [0.05, 0.1) is 6.26 Å². The number of esters is 4. The number of allylic oxidation sites excluding steroid dienone is 1. The average molecular weight is 523 g/mol. The highest BCUT2D eigenvalue weighted by molar-refractivity contribution is 9.09. The molecule has 12 heteroatoms. The van der Waals surface area contributed by atoms with Crippen molar-refractivity contribution in [1.82, 2.24) is 0 Å². The molecule has 0 N–H and O–H groups in total. The summed E-state index contributed by atoms with van der Waals surface area (Å²) in [6, 6.07) is 0. The van der Waals surface area contributed by atoms with Gasteiger partial charge in [0.25, 0.3) is 0 Å². The lowest BCUT2D eigenvalue weighted by Gasteiger charge is -2.43. The molecule has 0 unspecified atom stereocenters. The minimum Gasteiger partial charge on any atom is -0.468 e. The molecule has 1 rings (SSSR count). The minimum absolute atomic E-state index is 0.185. The van der Waals surface area contributed by atoms with Gasteiger partial charge in [-0.1, -0.05) is 22.9 Å². The van der Waals surface area contributed by atoms with Crippen LogP contribution >= 0.6 is 15.9 Å². The fourth-order valence-electron chi connectivity index (χ4n) is 2.85. The van der Waals surface area contributed by atoms with E-state index in [2.05, 4.69) is 15.9 Å². The minimum atomic E-state index is -1.38. The highest BCUT2D eigenvalue weighted by atomic mass is 79.9. The van der Waals surface area contributed by atoms with Gasteiger partial charge in [-0.25, -0.2) is 0 Å². The lowest BCUT2D eigenvalue weighted by atomic mass is 9.98. The molecule has 0 aliphatic carbocycles. The Labute approximate surface area is 193 Å². The molecule has 1 aliphatic heterocycles. The Morgan fingerprint density at radius 1 is 0.844 bits per heavy atom. The van der Waals surface area contributed by atoms with Crippen LogP contribution in [0.5, 0.6) is 0 Å². The Hall–Kier alpha value is -2.47. The Balaban J connectivity index is 3.39. The molecule has 0 bridgehead atoms. The monoisotopic (exact) mass is 522 g/mol. The van der Waals surface area contributed by atoms with E-state index in [-0.39, 0.29) is 29.7 Å². The maximum Gasteiger partial charge on any atom is 0.303 e.